The van der Waals surface area contributed by atoms with Crippen molar-refractivity contribution in [1.29, 1.82) is 0 Å². The van der Waals surface area contributed by atoms with Gasteiger partial charge in [0.25, 0.3) is 0 Å². The van der Waals surface area contributed by atoms with E-state index >= 15 is 0 Å². The van der Waals surface area contributed by atoms with Crippen molar-refractivity contribution in [3.05, 3.63) is 65.2 Å². The summed E-state index contributed by atoms with van der Waals surface area (Å²) in [5, 5.41) is 3.23. The van der Waals surface area contributed by atoms with Crippen LogP contribution in [0.5, 0.6) is 5.75 Å². The molecule has 0 atom stereocenters. The molecule has 0 radical (unpaired) electrons. The van der Waals surface area contributed by atoms with E-state index in [1.165, 1.54) is 0 Å². The van der Waals surface area contributed by atoms with Crippen molar-refractivity contribution in [2.75, 3.05) is 13.2 Å². The van der Waals surface area contributed by atoms with E-state index in [9.17, 15) is 9.59 Å². The molecule has 0 unspecified atom stereocenters. The monoisotopic (exact) mass is 283 g/mol. The molecule has 4 heteroatoms. The summed E-state index contributed by atoms with van der Waals surface area (Å²) in [5.74, 6) is 0.732. The number of hydrogen-bond acceptors (Lipinski definition) is 4. The summed E-state index contributed by atoms with van der Waals surface area (Å²) in [4.78, 5) is 21.4. The van der Waals surface area contributed by atoms with Crippen molar-refractivity contribution < 1.29 is 14.3 Å². The summed E-state index contributed by atoms with van der Waals surface area (Å²) in [6.45, 7) is 1.81. The second kappa shape index (κ2) is 7.97. The minimum absolute atomic E-state index is 0.518. The molecule has 0 aliphatic rings. The molecule has 1 N–H and O–H groups in total. The van der Waals surface area contributed by atoms with Crippen LogP contribution < -0.4 is 10.1 Å². The summed E-state index contributed by atoms with van der Waals surface area (Å²) in [6.07, 6.45) is 1.66. The van der Waals surface area contributed by atoms with Crippen molar-refractivity contribution in [3.63, 3.8) is 0 Å². The molecule has 0 aliphatic carbocycles. The quantitative estimate of drug-likeness (QED) is 0.597. The van der Waals surface area contributed by atoms with Crippen LogP contribution in [0.2, 0.25) is 0 Å². The van der Waals surface area contributed by atoms with Crippen molar-refractivity contribution in [1.82, 2.24) is 5.32 Å². The maximum Gasteiger partial charge on any atom is 0.150 e. The highest BCUT2D eigenvalue weighted by molar-refractivity contribution is 5.77. The van der Waals surface area contributed by atoms with E-state index in [1.54, 1.807) is 30.3 Å². The van der Waals surface area contributed by atoms with Crippen LogP contribution in [0.3, 0.4) is 0 Å². The van der Waals surface area contributed by atoms with Crippen LogP contribution in [0.15, 0.2) is 48.5 Å². The molecule has 0 bridgehead atoms. The van der Waals surface area contributed by atoms with Gasteiger partial charge in [0.1, 0.15) is 24.9 Å². The van der Waals surface area contributed by atoms with Gasteiger partial charge < -0.3 is 10.1 Å². The molecule has 2 rings (SSSR count). The van der Waals surface area contributed by atoms with Crippen LogP contribution in [0.4, 0.5) is 0 Å². The van der Waals surface area contributed by atoms with Crippen LogP contribution in [-0.4, -0.2) is 25.7 Å². The van der Waals surface area contributed by atoms with Gasteiger partial charge in [-0.25, -0.2) is 0 Å². The summed E-state index contributed by atoms with van der Waals surface area (Å²) in [5.41, 5.74) is 2.31. The molecule has 0 aromatic heterocycles. The van der Waals surface area contributed by atoms with Gasteiger partial charge in [-0.15, -0.1) is 0 Å². The van der Waals surface area contributed by atoms with E-state index in [1.807, 2.05) is 18.2 Å². The Hall–Kier alpha value is -2.46. The van der Waals surface area contributed by atoms with Gasteiger partial charge in [0.15, 0.2) is 0 Å². The van der Waals surface area contributed by atoms with Gasteiger partial charge in [0.05, 0.1) is 0 Å². The standard InChI is InChI=1S/C17H17NO3/c19-12-14-5-7-17(8-6-14)21-10-9-18-11-15-3-1-2-4-16(15)13-20/h1-8,12-13,18H,9-11H2. The maximum absolute atomic E-state index is 10.9. The number of aldehydes is 2. The molecule has 4 nitrogen and oxygen atoms in total. The fourth-order valence-electron chi connectivity index (χ4n) is 1.92. The van der Waals surface area contributed by atoms with Gasteiger partial charge in [-0.1, -0.05) is 24.3 Å². The molecule has 21 heavy (non-hydrogen) atoms. The zero-order chi connectivity index (χ0) is 14.9. The average molecular weight is 283 g/mol. The maximum atomic E-state index is 10.9. The third kappa shape index (κ3) is 4.54. The first kappa shape index (κ1) is 14.9. The van der Waals surface area contributed by atoms with Crippen molar-refractivity contribution in [3.8, 4) is 5.75 Å². The summed E-state index contributed by atoms with van der Waals surface area (Å²) in [7, 11) is 0. The zero-order valence-corrected chi connectivity index (χ0v) is 11.6. The first-order valence-corrected chi connectivity index (χ1v) is 6.75. The van der Waals surface area contributed by atoms with Crippen LogP contribution >= 0.6 is 0 Å². The third-order valence-electron chi connectivity index (χ3n) is 3.06. The first-order valence-electron chi connectivity index (χ1n) is 6.75. The van der Waals surface area contributed by atoms with E-state index in [4.69, 9.17) is 4.74 Å². The fraction of sp³-hybridized carbons (Fsp3) is 0.176. The number of carbonyl (C=O) groups is 2. The summed E-state index contributed by atoms with van der Waals surface area (Å²) >= 11 is 0. The molecule has 0 heterocycles. The molecular weight excluding hydrogens is 266 g/mol. The largest absolute Gasteiger partial charge is 0.492 e. The molecule has 0 saturated carbocycles. The number of ether oxygens (including phenoxy) is 1. The SMILES string of the molecule is O=Cc1ccc(OCCNCc2ccccc2C=O)cc1. The van der Waals surface area contributed by atoms with Crippen LogP contribution in [0, 0.1) is 0 Å². The van der Waals surface area contributed by atoms with Gasteiger partial charge in [0, 0.05) is 24.2 Å². The Morgan fingerprint density at radius 3 is 2.43 bits per heavy atom. The Morgan fingerprint density at radius 1 is 0.952 bits per heavy atom. The molecule has 0 fully saturated rings. The highest BCUT2D eigenvalue weighted by atomic mass is 16.5. The Bertz CT molecular complexity index is 593. The number of hydrogen-bond donors (Lipinski definition) is 1. The van der Waals surface area contributed by atoms with E-state index in [0.29, 0.717) is 30.8 Å². The van der Waals surface area contributed by atoms with E-state index in [0.717, 1.165) is 23.9 Å². The molecule has 108 valence electrons. The Morgan fingerprint density at radius 2 is 1.71 bits per heavy atom. The predicted molar refractivity (Wildman–Crippen MR) is 80.9 cm³/mol. The molecule has 2 aromatic rings. The zero-order valence-electron chi connectivity index (χ0n) is 11.6. The topological polar surface area (TPSA) is 55.4 Å². The minimum atomic E-state index is 0.518. The Balaban J connectivity index is 1.72. The van der Waals surface area contributed by atoms with Crippen molar-refractivity contribution >= 4 is 12.6 Å². The molecular formula is C17H17NO3. The lowest BCUT2D eigenvalue weighted by Gasteiger charge is -2.09. The lowest BCUT2D eigenvalue weighted by molar-refractivity contribution is 0.111. The van der Waals surface area contributed by atoms with Crippen LogP contribution in [0.1, 0.15) is 26.3 Å². The van der Waals surface area contributed by atoms with Gasteiger partial charge in [-0.05, 0) is 29.8 Å². The Labute approximate surface area is 123 Å². The second-order valence-corrected chi connectivity index (χ2v) is 4.53. The number of nitrogens with one attached hydrogen (secondary N) is 1. The third-order valence-corrected chi connectivity index (χ3v) is 3.06. The van der Waals surface area contributed by atoms with E-state index < -0.39 is 0 Å². The average Bonchev–Trinajstić information content (AvgIpc) is 2.55. The van der Waals surface area contributed by atoms with Gasteiger partial charge in [-0.3, -0.25) is 9.59 Å². The Kier molecular flexibility index (Phi) is 5.67. The fourth-order valence-corrected chi connectivity index (χ4v) is 1.92. The molecule has 2 aromatic carbocycles. The highest BCUT2D eigenvalue weighted by Crippen LogP contribution is 2.10. The lowest BCUT2D eigenvalue weighted by Crippen LogP contribution is -2.21. The molecule has 0 saturated heterocycles. The van der Waals surface area contributed by atoms with Gasteiger partial charge >= 0.3 is 0 Å². The predicted octanol–water partition coefficient (Wildman–Crippen LogP) is 2.48. The van der Waals surface area contributed by atoms with Gasteiger partial charge in [0.2, 0.25) is 0 Å². The van der Waals surface area contributed by atoms with Crippen LogP contribution in [0.25, 0.3) is 0 Å². The number of carbonyl (C=O) groups excluding carboxylic acids is 2. The molecule has 0 spiro atoms. The smallest absolute Gasteiger partial charge is 0.150 e. The highest BCUT2D eigenvalue weighted by Gasteiger charge is 2.00. The van der Waals surface area contributed by atoms with Crippen molar-refractivity contribution in [2.45, 2.75) is 6.54 Å². The normalized spacial score (nSPS) is 10.1. The van der Waals surface area contributed by atoms with E-state index in [-0.39, 0.29) is 0 Å². The minimum Gasteiger partial charge on any atom is -0.492 e. The van der Waals surface area contributed by atoms with Crippen LogP contribution in [-0.2, 0) is 6.54 Å². The van der Waals surface area contributed by atoms with Crippen molar-refractivity contribution in [2.24, 2.45) is 0 Å². The molecule has 0 amide bonds. The number of benzene rings is 2. The number of rotatable bonds is 8. The summed E-state index contributed by atoms with van der Waals surface area (Å²) < 4.78 is 5.55. The first-order chi connectivity index (χ1) is 10.3. The van der Waals surface area contributed by atoms with Gasteiger partial charge in [-0.2, -0.15) is 0 Å². The second-order valence-electron chi connectivity index (χ2n) is 4.53. The summed E-state index contributed by atoms with van der Waals surface area (Å²) in [6, 6.07) is 14.5. The molecule has 0 aliphatic heterocycles. The lowest BCUT2D eigenvalue weighted by atomic mass is 10.1. The van der Waals surface area contributed by atoms with E-state index in [2.05, 4.69) is 5.32 Å².